The molecule has 1 amide bonds. The molecule has 0 aliphatic rings. The first-order valence-electron chi connectivity index (χ1n) is 9.14. The van der Waals surface area contributed by atoms with Gasteiger partial charge in [-0.2, -0.15) is 0 Å². The number of H-pyrrole nitrogens is 1. The second-order valence-electron chi connectivity index (χ2n) is 6.43. The fraction of sp³-hybridized carbons (Fsp3) is 0.143. The maximum absolute atomic E-state index is 12.7. The zero-order valence-corrected chi connectivity index (χ0v) is 16.4. The molecule has 3 aromatic heterocycles. The van der Waals surface area contributed by atoms with Gasteiger partial charge in [-0.1, -0.05) is 29.8 Å². The van der Waals surface area contributed by atoms with Crippen molar-refractivity contribution in [2.75, 3.05) is 6.54 Å². The van der Waals surface area contributed by atoms with E-state index in [4.69, 9.17) is 11.6 Å². The number of benzene rings is 1. The molecule has 0 bridgehead atoms. The molecule has 0 radical (unpaired) electrons. The highest BCUT2D eigenvalue weighted by atomic mass is 35.5. The molecule has 0 unspecified atom stereocenters. The van der Waals surface area contributed by atoms with Gasteiger partial charge in [0.2, 0.25) is 5.91 Å². The highest BCUT2D eigenvalue weighted by molar-refractivity contribution is 6.31. The van der Waals surface area contributed by atoms with E-state index in [1.165, 1.54) is 6.08 Å². The number of nitrogens with zero attached hydrogens (tertiary/aromatic N) is 4. The van der Waals surface area contributed by atoms with Gasteiger partial charge in [-0.25, -0.2) is 9.97 Å². The van der Waals surface area contributed by atoms with Gasteiger partial charge >= 0.3 is 0 Å². The van der Waals surface area contributed by atoms with Crippen LogP contribution in [0, 0.1) is 0 Å². The molecule has 0 fully saturated rings. The smallest absolute Gasteiger partial charge is 0.258 e. The molecule has 0 saturated heterocycles. The molecule has 7 nitrogen and oxygen atoms in total. The lowest BCUT2D eigenvalue weighted by Crippen LogP contribution is -2.30. The second kappa shape index (κ2) is 7.89. The first-order valence-corrected chi connectivity index (χ1v) is 9.52. The Morgan fingerprint density at radius 3 is 2.83 bits per heavy atom. The van der Waals surface area contributed by atoms with Crippen molar-refractivity contribution in [2.45, 2.75) is 13.5 Å². The standard InChI is InChI=1S/C21H18ClN5O2/c1-2-26(13-17-23-15-8-4-3-7-14(15)21(29)24-17)19(28)11-10-16-20(22)25-18-9-5-6-12-27(16)18/h3-12H,2,13H2,1H3,(H,23,24,29). The summed E-state index contributed by atoms with van der Waals surface area (Å²) >= 11 is 6.21. The van der Waals surface area contributed by atoms with Crippen LogP contribution in [-0.4, -0.2) is 36.7 Å². The minimum absolute atomic E-state index is 0.195. The van der Waals surface area contributed by atoms with Crippen molar-refractivity contribution >= 4 is 40.1 Å². The number of carbonyl (C=O) groups is 1. The predicted octanol–water partition coefficient (Wildman–Crippen LogP) is 3.29. The van der Waals surface area contributed by atoms with Crippen molar-refractivity contribution in [2.24, 2.45) is 0 Å². The van der Waals surface area contributed by atoms with E-state index in [2.05, 4.69) is 15.0 Å². The number of nitrogens with one attached hydrogen (secondary N) is 1. The number of hydrogen-bond donors (Lipinski definition) is 1. The third kappa shape index (κ3) is 3.77. The number of fused-ring (bicyclic) bond motifs is 2. The molecule has 29 heavy (non-hydrogen) atoms. The first kappa shape index (κ1) is 18.9. The Labute approximate surface area is 171 Å². The number of amides is 1. The number of likely N-dealkylation sites (N-methyl/N-ethyl adjacent to an activating group) is 1. The molecule has 146 valence electrons. The quantitative estimate of drug-likeness (QED) is 0.514. The third-order valence-corrected chi connectivity index (χ3v) is 4.88. The van der Waals surface area contributed by atoms with Crippen LogP contribution >= 0.6 is 11.6 Å². The number of halogens is 1. The van der Waals surface area contributed by atoms with Crippen molar-refractivity contribution in [1.29, 1.82) is 0 Å². The maximum Gasteiger partial charge on any atom is 0.258 e. The van der Waals surface area contributed by atoms with Crippen molar-refractivity contribution in [3.05, 3.63) is 81.8 Å². The molecule has 0 aliphatic carbocycles. The van der Waals surface area contributed by atoms with Gasteiger partial charge in [0.05, 0.1) is 23.1 Å². The summed E-state index contributed by atoms with van der Waals surface area (Å²) in [5, 5.41) is 0.844. The van der Waals surface area contributed by atoms with Gasteiger partial charge in [0.15, 0.2) is 5.15 Å². The largest absolute Gasteiger partial charge is 0.332 e. The molecule has 1 N–H and O–H groups in total. The summed E-state index contributed by atoms with van der Waals surface area (Å²) in [5.74, 6) is 0.218. The lowest BCUT2D eigenvalue weighted by molar-refractivity contribution is -0.126. The molecule has 0 spiro atoms. The number of pyridine rings is 1. The summed E-state index contributed by atoms with van der Waals surface area (Å²) in [6, 6.07) is 12.7. The van der Waals surface area contributed by atoms with Crippen molar-refractivity contribution in [1.82, 2.24) is 24.3 Å². The van der Waals surface area contributed by atoms with Gasteiger partial charge in [0, 0.05) is 18.8 Å². The molecule has 4 aromatic rings. The van der Waals surface area contributed by atoms with Crippen molar-refractivity contribution in [3.63, 3.8) is 0 Å². The lowest BCUT2D eigenvalue weighted by Gasteiger charge is -2.18. The average molecular weight is 408 g/mol. The van der Waals surface area contributed by atoms with Crippen LogP contribution in [0.2, 0.25) is 5.15 Å². The molecule has 0 saturated carbocycles. The predicted molar refractivity (Wildman–Crippen MR) is 113 cm³/mol. The topological polar surface area (TPSA) is 83.4 Å². The van der Waals surface area contributed by atoms with Crippen LogP contribution in [0.15, 0.2) is 59.5 Å². The van der Waals surface area contributed by atoms with E-state index >= 15 is 0 Å². The SMILES string of the molecule is CCN(Cc1nc2ccccc2c(=O)[nH]1)C(=O)C=Cc1c(Cl)nc2ccccn12. The van der Waals surface area contributed by atoms with E-state index < -0.39 is 0 Å². The van der Waals surface area contributed by atoms with E-state index in [0.717, 1.165) is 0 Å². The van der Waals surface area contributed by atoms with Crippen LogP contribution in [0.3, 0.4) is 0 Å². The van der Waals surface area contributed by atoms with Gasteiger partial charge < -0.3 is 9.88 Å². The maximum atomic E-state index is 12.7. The van der Waals surface area contributed by atoms with Crippen LogP contribution < -0.4 is 5.56 Å². The summed E-state index contributed by atoms with van der Waals surface area (Å²) in [6.45, 7) is 2.52. The van der Waals surface area contributed by atoms with Crippen molar-refractivity contribution < 1.29 is 4.79 Å². The molecule has 1 aromatic carbocycles. The van der Waals surface area contributed by atoms with E-state index in [9.17, 15) is 9.59 Å². The average Bonchev–Trinajstić information content (AvgIpc) is 3.05. The normalized spacial score (nSPS) is 11.5. The molecular formula is C21H18ClN5O2. The number of aromatic amines is 1. The monoisotopic (exact) mass is 407 g/mol. The Balaban J connectivity index is 1.58. The molecule has 0 aliphatic heterocycles. The Bertz CT molecular complexity index is 1290. The Kier molecular flexibility index (Phi) is 5.14. The van der Waals surface area contributed by atoms with E-state index in [1.807, 2.05) is 41.8 Å². The summed E-state index contributed by atoms with van der Waals surface area (Å²) in [4.78, 5) is 38.0. The lowest BCUT2D eigenvalue weighted by atomic mass is 10.2. The number of imidazole rings is 1. The number of rotatable bonds is 5. The first-order chi connectivity index (χ1) is 14.1. The molecule has 3 heterocycles. The van der Waals surface area contributed by atoms with Gasteiger partial charge in [-0.15, -0.1) is 0 Å². The van der Waals surface area contributed by atoms with Crippen LogP contribution in [0.5, 0.6) is 0 Å². The van der Waals surface area contributed by atoms with Crippen molar-refractivity contribution in [3.8, 4) is 0 Å². The zero-order chi connectivity index (χ0) is 20.4. The second-order valence-corrected chi connectivity index (χ2v) is 6.79. The van der Waals surface area contributed by atoms with Gasteiger partial charge in [0.25, 0.3) is 5.56 Å². The van der Waals surface area contributed by atoms with Gasteiger partial charge in [-0.05, 0) is 37.3 Å². The van der Waals surface area contributed by atoms with Crippen LogP contribution in [0.1, 0.15) is 18.4 Å². The molecular weight excluding hydrogens is 390 g/mol. The molecule has 0 atom stereocenters. The highest BCUT2D eigenvalue weighted by Gasteiger charge is 2.13. The fourth-order valence-corrected chi connectivity index (χ4v) is 3.37. The van der Waals surface area contributed by atoms with Gasteiger partial charge in [0.1, 0.15) is 11.5 Å². The molecule has 4 rings (SSSR count). The van der Waals surface area contributed by atoms with Crippen LogP contribution in [0.25, 0.3) is 22.6 Å². The summed E-state index contributed by atoms with van der Waals surface area (Å²) in [5.41, 5.74) is 1.71. The Morgan fingerprint density at radius 1 is 1.21 bits per heavy atom. The summed E-state index contributed by atoms with van der Waals surface area (Å²) in [6.07, 6.45) is 4.93. The zero-order valence-electron chi connectivity index (χ0n) is 15.7. The van der Waals surface area contributed by atoms with E-state index in [-0.39, 0.29) is 18.0 Å². The molecule has 8 heteroatoms. The highest BCUT2D eigenvalue weighted by Crippen LogP contribution is 2.19. The van der Waals surface area contributed by atoms with E-state index in [0.29, 0.717) is 39.8 Å². The minimum Gasteiger partial charge on any atom is -0.332 e. The number of aromatic nitrogens is 4. The number of para-hydroxylation sites is 1. The third-order valence-electron chi connectivity index (χ3n) is 4.60. The minimum atomic E-state index is -0.220. The summed E-state index contributed by atoms with van der Waals surface area (Å²) < 4.78 is 1.81. The number of hydrogen-bond acceptors (Lipinski definition) is 4. The van der Waals surface area contributed by atoms with Crippen LogP contribution in [0.4, 0.5) is 0 Å². The Morgan fingerprint density at radius 2 is 2.00 bits per heavy atom. The number of carbonyl (C=O) groups excluding carboxylic acids is 1. The Hall–Kier alpha value is -3.45. The fourth-order valence-electron chi connectivity index (χ4n) is 3.13. The summed E-state index contributed by atoms with van der Waals surface area (Å²) in [7, 11) is 0. The van der Waals surface area contributed by atoms with Gasteiger partial charge in [-0.3, -0.25) is 14.0 Å². The van der Waals surface area contributed by atoms with Crippen LogP contribution in [-0.2, 0) is 11.3 Å². The van der Waals surface area contributed by atoms with E-state index in [1.54, 1.807) is 29.2 Å².